The number of hydrogen-bond acceptors (Lipinski definition) is 3. The summed E-state index contributed by atoms with van der Waals surface area (Å²) in [7, 11) is 0. The van der Waals surface area contributed by atoms with Crippen LogP contribution in [0.3, 0.4) is 0 Å². The van der Waals surface area contributed by atoms with E-state index in [1.807, 2.05) is 0 Å². The van der Waals surface area contributed by atoms with Gasteiger partial charge in [-0.05, 0) is 46.1 Å². The third-order valence-electron chi connectivity index (χ3n) is 3.29. The van der Waals surface area contributed by atoms with E-state index >= 15 is 0 Å². The highest BCUT2D eigenvalue weighted by Gasteiger charge is 2.19. The molecule has 0 bridgehead atoms. The van der Waals surface area contributed by atoms with Gasteiger partial charge >= 0.3 is 0 Å². The second-order valence-corrected chi connectivity index (χ2v) is 6.01. The number of nitrogens with zero attached hydrogens (tertiary/aromatic N) is 1. The number of aromatic nitrogens is 1. The van der Waals surface area contributed by atoms with Gasteiger partial charge in [0.05, 0.1) is 10.7 Å². The Labute approximate surface area is 96.1 Å². The summed E-state index contributed by atoms with van der Waals surface area (Å²) in [5, 5.41) is 4.78. The van der Waals surface area contributed by atoms with E-state index in [4.69, 9.17) is 0 Å². The summed E-state index contributed by atoms with van der Waals surface area (Å²) in [5.74, 6) is 0.924. The molecule has 1 heterocycles. The van der Waals surface area contributed by atoms with Gasteiger partial charge in [-0.1, -0.05) is 6.42 Å². The van der Waals surface area contributed by atoms with E-state index in [2.05, 4.69) is 31.1 Å². The number of rotatable bonds is 4. The van der Waals surface area contributed by atoms with Gasteiger partial charge in [-0.15, -0.1) is 11.3 Å². The quantitative estimate of drug-likeness (QED) is 0.849. The van der Waals surface area contributed by atoms with Gasteiger partial charge in [-0.25, -0.2) is 4.98 Å². The first-order valence-electron chi connectivity index (χ1n) is 5.84. The molecule has 15 heavy (non-hydrogen) atoms. The molecule has 1 N–H and O–H groups in total. The lowest BCUT2D eigenvalue weighted by molar-refractivity contribution is 0.291. The molecule has 1 aromatic heterocycles. The predicted molar refractivity (Wildman–Crippen MR) is 65.3 cm³/mol. The molecule has 1 aliphatic carbocycles. The number of nitrogens with one attached hydrogen (secondary N) is 1. The molecule has 1 aliphatic rings. The fourth-order valence-electron chi connectivity index (χ4n) is 2.08. The van der Waals surface area contributed by atoms with Crippen molar-refractivity contribution >= 4 is 11.3 Å². The molecule has 1 atom stereocenters. The van der Waals surface area contributed by atoms with E-state index in [0.29, 0.717) is 6.04 Å². The summed E-state index contributed by atoms with van der Waals surface area (Å²) in [6.07, 6.45) is 4.25. The summed E-state index contributed by atoms with van der Waals surface area (Å²) in [4.78, 5) is 5.95. The standard InChI is InChI=1S/C12H20N2S/c1-8(13-7-11-5-4-6-11)12-9(2)15-10(3)14-12/h8,11,13H,4-7H2,1-3H3. The Balaban J connectivity index is 1.88. The highest BCUT2D eigenvalue weighted by Crippen LogP contribution is 2.27. The Bertz CT molecular complexity index is 328. The zero-order valence-electron chi connectivity index (χ0n) is 9.84. The molecule has 1 aromatic rings. The van der Waals surface area contributed by atoms with E-state index in [9.17, 15) is 0 Å². The van der Waals surface area contributed by atoms with E-state index in [1.165, 1.54) is 34.8 Å². The molecule has 3 heteroatoms. The van der Waals surface area contributed by atoms with Crippen molar-refractivity contribution in [2.24, 2.45) is 5.92 Å². The van der Waals surface area contributed by atoms with Crippen LogP contribution in [-0.4, -0.2) is 11.5 Å². The van der Waals surface area contributed by atoms with Crippen molar-refractivity contribution in [1.29, 1.82) is 0 Å². The van der Waals surface area contributed by atoms with Crippen LogP contribution in [0.2, 0.25) is 0 Å². The van der Waals surface area contributed by atoms with Gasteiger partial charge in [-0.3, -0.25) is 0 Å². The van der Waals surface area contributed by atoms with Crippen molar-refractivity contribution in [1.82, 2.24) is 10.3 Å². The number of thiazole rings is 1. The van der Waals surface area contributed by atoms with E-state index in [0.717, 1.165) is 12.5 Å². The zero-order chi connectivity index (χ0) is 10.8. The van der Waals surface area contributed by atoms with Crippen LogP contribution in [0, 0.1) is 19.8 Å². The van der Waals surface area contributed by atoms with Gasteiger partial charge in [-0.2, -0.15) is 0 Å². The lowest BCUT2D eigenvalue weighted by Crippen LogP contribution is -2.29. The van der Waals surface area contributed by atoms with Gasteiger partial charge in [0.2, 0.25) is 0 Å². The van der Waals surface area contributed by atoms with Crippen molar-refractivity contribution in [3.8, 4) is 0 Å². The maximum Gasteiger partial charge on any atom is 0.0900 e. The Morgan fingerprint density at radius 3 is 2.67 bits per heavy atom. The highest BCUT2D eigenvalue weighted by atomic mass is 32.1. The maximum atomic E-state index is 4.59. The van der Waals surface area contributed by atoms with E-state index < -0.39 is 0 Å². The summed E-state index contributed by atoms with van der Waals surface area (Å²) < 4.78 is 0. The fraction of sp³-hybridized carbons (Fsp3) is 0.750. The average Bonchev–Trinajstić information content (AvgIpc) is 2.42. The van der Waals surface area contributed by atoms with Gasteiger partial charge in [0, 0.05) is 10.9 Å². The third kappa shape index (κ3) is 2.58. The molecule has 0 saturated heterocycles. The lowest BCUT2D eigenvalue weighted by Gasteiger charge is -2.27. The van der Waals surface area contributed by atoms with Crippen LogP contribution in [-0.2, 0) is 0 Å². The van der Waals surface area contributed by atoms with Crippen molar-refractivity contribution in [3.05, 3.63) is 15.6 Å². The van der Waals surface area contributed by atoms with Crippen LogP contribution in [0.4, 0.5) is 0 Å². The summed E-state index contributed by atoms with van der Waals surface area (Å²) in [5.41, 5.74) is 1.25. The molecule has 0 aromatic carbocycles. The molecule has 1 unspecified atom stereocenters. The molecule has 1 saturated carbocycles. The first kappa shape index (κ1) is 11.1. The summed E-state index contributed by atoms with van der Waals surface area (Å²) in [6, 6.07) is 0.413. The monoisotopic (exact) mass is 224 g/mol. The molecule has 2 rings (SSSR count). The van der Waals surface area contributed by atoms with Crippen LogP contribution < -0.4 is 5.32 Å². The summed E-state index contributed by atoms with van der Waals surface area (Å²) >= 11 is 1.80. The van der Waals surface area contributed by atoms with Crippen molar-refractivity contribution < 1.29 is 0 Å². The summed E-state index contributed by atoms with van der Waals surface area (Å²) in [6.45, 7) is 7.64. The SMILES string of the molecule is Cc1nc(C(C)NCC2CCC2)c(C)s1. The second kappa shape index (κ2) is 4.62. The van der Waals surface area contributed by atoms with Crippen LogP contribution in [0.5, 0.6) is 0 Å². The lowest BCUT2D eigenvalue weighted by atomic mass is 9.85. The average molecular weight is 224 g/mol. The van der Waals surface area contributed by atoms with Crippen molar-refractivity contribution in [2.75, 3.05) is 6.54 Å². The van der Waals surface area contributed by atoms with Crippen LogP contribution in [0.1, 0.15) is 47.8 Å². The van der Waals surface area contributed by atoms with Gasteiger partial charge in [0.1, 0.15) is 0 Å². The van der Waals surface area contributed by atoms with Crippen molar-refractivity contribution in [3.63, 3.8) is 0 Å². The maximum absolute atomic E-state index is 4.59. The van der Waals surface area contributed by atoms with Crippen LogP contribution >= 0.6 is 11.3 Å². The molecule has 0 radical (unpaired) electrons. The third-order valence-corrected chi connectivity index (χ3v) is 4.19. The molecule has 2 nitrogen and oxygen atoms in total. The Kier molecular flexibility index (Phi) is 3.42. The van der Waals surface area contributed by atoms with Gasteiger partial charge in [0.15, 0.2) is 0 Å². The second-order valence-electron chi connectivity index (χ2n) is 4.60. The van der Waals surface area contributed by atoms with Crippen LogP contribution in [0.25, 0.3) is 0 Å². The minimum Gasteiger partial charge on any atom is -0.309 e. The Morgan fingerprint density at radius 1 is 1.47 bits per heavy atom. The first-order valence-corrected chi connectivity index (χ1v) is 6.65. The minimum atomic E-state index is 0.413. The highest BCUT2D eigenvalue weighted by molar-refractivity contribution is 7.11. The molecule has 0 spiro atoms. The molecular formula is C12H20N2S. The van der Waals surface area contributed by atoms with Gasteiger partial charge < -0.3 is 5.32 Å². The van der Waals surface area contributed by atoms with E-state index in [-0.39, 0.29) is 0 Å². The van der Waals surface area contributed by atoms with Gasteiger partial charge in [0.25, 0.3) is 0 Å². The Morgan fingerprint density at radius 2 is 2.20 bits per heavy atom. The molecule has 1 fully saturated rings. The topological polar surface area (TPSA) is 24.9 Å². The molecular weight excluding hydrogens is 204 g/mol. The number of aryl methyl sites for hydroxylation is 2. The fourth-order valence-corrected chi connectivity index (χ4v) is 3.00. The molecule has 0 aliphatic heterocycles. The minimum absolute atomic E-state index is 0.413. The van der Waals surface area contributed by atoms with Crippen LogP contribution in [0.15, 0.2) is 0 Å². The first-order chi connectivity index (χ1) is 7.16. The molecule has 0 amide bonds. The van der Waals surface area contributed by atoms with Crippen molar-refractivity contribution in [2.45, 2.75) is 46.1 Å². The largest absolute Gasteiger partial charge is 0.309 e. The smallest absolute Gasteiger partial charge is 0.0900 e. The van der Waals surface area contributed by atoms with E-state index in [1.54, 1.807) is 11.3 Å². The number of hydrogen-bond donors (Lipinski definition) is 1. The normalized spacial score (nSPS) is 18.9. The Hall–Kier alpha value is -0.410. The molecule has 84 valence electrons. The zero-order valence-corrected chi connectivity index (χ0v) is 10.7. The predicted octanol–water partition coefficient (Wildman–Crippen LogP) is 3.21.